The van der Waals surface area contributed by atoms with Gasteiger partial charge in [0.2, 0.25) is 0 Å². The zero-order valence-corrected chi connectivity index (χ0v) is 18.3. The van der Waals surface area contributed by atoms with Crippen LogP contribution >= 0.6 is 0 Å². The summed E-state index contributed by atoms with van der Waals surface area (Å²) in [4.78, 5) is 14.6. The number of sulfonamides is 1. The fourth-order valence-corrected chi connectivity index (χ4v) is 4.22. The average Bonchev–Trinajstić information content (AvgIpc) is 2.78. The number of nitrogens with zero attached hydrogens (tertiary/aromatic N) is 1. The van der Waals surface area contributed by atoms with Gasteiger partial charge in [0.25, 0.3) is 15.9 Å². The highest BCUT2D eigenvalue weighted by atomic mass is 32.2. The molecule has 1 atom stereocenters. The van der Waals surface area contributed by atoms with Crippen molar-refractivity contribution in [1.29, 1.82) is 0 Å². The second-order valence-corrected chi connectivity index (χ2v) is 8.95. The number of likely N-dealkylation sites (N-methyl/N-ethyl adjacent to an activating group) is 1. The Balaban J connectivity index is 1.69. The molecule has 3 rings (SSSR count). The Morgan fingerprint density at radius 3 is 2.16 bits per heavy atom. The molecule has 0 saturated heterocycles. The van der Waals surface area contributed by atoms with Crippen LogP contribution in [0, 0.1) is 6.92 Å². The van der Waals surface area contributed by atoms with E-state index < -0.39 is 16.1 Å². The molecular formula is C24H26N2O4S. The molecule has 3 aromatic rings. The summed E-state index contributed by atoms with van der Waals surface area (Å²) in [6.45, 7) is 4.43. The van der Waals surface area contributed by atoms with Crippen LogP contribution in [0.25, 0.3) is 0 Å². The molecule has 31 heavy (non-hydrogen) atoms. The molecule has 0 fully saturated rings. The normalized spacial score (nSPS) is 12.2. The Kier molecular flexibility index (Phi) is 7.09. The van der Waals surface area contributed by atoms with Gasteiger partial charge in [-0.05, 0) is 55.8 Å². The largest absolute Gasteiger partial charge is 0.387 e. The first-order chi connectivity index (χ1) is 14.8. The van der Waals surface area contributed by atoms with Crippen LogP contribution in [0.15, 0.2) is 83.8 Å². The van der Waals surface area contributed by atoms with Gasteiger partial charge < -0.3 is 10.0 Å². The van der Waals surface area contributed by atoms with E-state index in [1.165, 1.54) is 12.1 Å². The van der Waals surface area contributed by atoms with Gasteiger partial charge in [-0.15, -0.1) is 0 Å². The number of amides is 1. The quantitative estimate of drug-likeness (QED) is 0.557. The third-order valence-electron chi connectivity index (χ3n) is 4.96. The fraction of sp³-hybridized carbons (Fsp3) is 0.208. The second-order valence-electron chi connectivity index (χ2n) is 7.27. The molecule has 2 N–H and O–H groups in total. The molecular weight excluding hydrogens is 412 g/mol. The molecule has 0 aliphatic heterocycles. The first-order valence-corrected chi connectivity index (χ1v) is 11.5. The summed E-state index contributed by atoms with van der Waals surface area (Å²) in [6.07, 6.45) is -0.790. The zero-order chi connectivity index (χ0) is 22.4. The number of carbonyl (C=O) groups is 1. The van der Waals surface area contributed by atoms with Crippen molar-refractivity contribution in [2.75, 3.05) is 17.8 Å². The van der Waals surface area contributed by atoms with E-state index in [0.717, 1.165) is 11.1 Å². The number of benzene rings is 3. The summed E-state index contributed by atoms with van der Waals surface area (Å²) in [6, 6.07) is 21.9. The van der Waals surface area contributed by atoms with Crippen LogP contribution in [0.1, 0.15) is 34.5 Å². The van der Waals surface area contributed by atoms with Gasteiger partial charge in [0.15, 0.2) is 0 Å². The number of rotatable bonds is 8. The third-order valence-corrected chi connectivity index (χ3v) is 6.36. The standard InChI is InChI=1S/C24H26N2O4S/c1-3-26(17-23(27)19-11-9-18(2)10-12-19)24(28)20-13-15-21(16-14-20)25-31(29,30)22-7-5-4-6-8-22/h4-16,23,25,27H,3,17H2,1-2H3/t23-/m1/s1. The molecule has 1 amide bonds. The lowest BCUT2D eigenvalue weighted by Gasteiger charge is -2.24. The molecule has 162 valence electrons. The second kappa shape index (κ2) is 9.76. The molecule has 7 heteroatoms. The Labute approximate surface area is 183 Å². The van der Waals surface area contributed by atoms with E-state index in [4.69, 9.17) is 0 Å². The van der Waals surface area contributed by atoms with Crippen molar-refractivity contribution in [3.63, 3.8) is 0 Å². The number of aryl methyl sites for hydroxylation is 1. The SMILES string of the molecule is CCN(C[C@@H](O)c1ccc(C)cc1)C(=O)c1ccc(NS(=O)(=O)c2ccccc2)cc1. The highest BCUT2D eigenvalue weighted by molar-refractivity contribution is 7.92. The maximum Gasteiger partial charge on any atom is 0.261 e. The Morgan fingerprint density at radius 1 is 0.968 bits per heavy atom. The number of carbonyl (C=O) groups excluding carboxylic acids is 1. The lowest BCUT2D eigenvalue weighted by atomic mass is 10.1. The van der Waals surface area contributed by atoms with Crippen LogP contribution < -0.4 is 4.72 Å². The fourth-order valence-electron chi connectivity index (χ4n) is 3.14. The maximum atomic E-state index is 12.9. The number of aliphatic hydroxyl groups excluding tert-OH is 1. The van der Waals surface area contributed by atoms with E-state index in [-0.39, 0.29) is 17.3 Å². The van der Waals surface area contributed by atoms with Crippen molar-refractivity contribution in [3.8, 4) is 0 Å². The number of aliphatic hydroxyl groups is 1. The van der Waals surface area contributed by atoms with Gasteiger partial charge >= 0.3 is 0 Å². The van der Waals surface area contributed by atoms with Gasteiger partial charge in [-0.3, -0.25) is 9.52 Å². The van der Waals surface area contributed by atoms with Gasteiger partial charge in [0.1, 0.15) is 0 Å². The Morgan fingerprint density at radius 2 is 1.58 bits per heavy atom. The van der Waals surface area contributed by atoms with Gasteiger partial charge in [-0.25, -0.2) is 8.42 Å². The van der Waals surface area contributed by atoms with Gasteiger partial charge in [-0.1, -0.05) is 48.0 Å². The van der Waals surface area contributed by atoms with E-state index in [2.05, 4.69) is 4.72 Å². The van der Waals surface area contributed by atoms with E-state index in [1.54, 1.807) is 47.4 Å². The Bertz CT molecular complexity index is 1110. The average molecular weight is 439 g/mol. The molecule has 0 unspecified atom stereocenters. The molecule has 0 aliphatic rings. The predicted molar refractivity (Wildman–Crippen MR) is 121 cm³/mol. The van der Waals surface area contributed by atoms with Crippen molar-refractivity contribution < 1.29 is 18.3 Å². The van der Waals surface area contributed by atoms with Crippen molar-refractivity contribution in [2.24, 2.45) is 0 Å². The topological polar surface area (TPSA) is 86.7 Å². The highest BCUT2D eigenvalue weighted by Gasteiger charge is 2.19. The summed E-state index contributed by atoms with van der Waals surface area (Å²) < 4.78 is 27.4. The van der Waals surface area contributed by atoms with Gasteiger partial charge in [0.05, 0.1) is 17.5 Å². The molecule has 0 bridgehead atoms. The van der Waals surface area contributed by atoms with E-state index in [0.29, 0.717) is 17.8 Å². The van der Waals surface area contributed by atoms with E-state index in [1.807, 2.05) is 38.1 Å². The van der Waals surface area contributed by atoms with E-state index in [9.17, 15) is 18.3 Å². The summed E-state index contributed by atoms with van der Waals surface area (Å²) in [5.74, 6) is -0.230. The van der Waals surface area contributed by atoms with Crippen LogP contribution in [-0.2, 0) is 10.0 Å². The Hall–Kier alpha value is -3.16. The van der Waals surface area contributed by atoms with Crippen molar-refractivity contribution in [3.05, 3.63) is 95.6 Å². The summed E-state index contributed by atoms with van der Waals surface area (Å²) >= 11 is 0. The first-order valence-electron chi connectivity index (χ1n) is 10.0. The minimum absolute atomic E-state index is 0.164. The molecule has 3 aromatic carbocycles. The lowest BCUT2D eigenvalue weighted by Crippen LogP contribution is -2.34. The smallest absolute Gasteiger partial charge is 0.261 e. The van der Waals surface area contributed by atoms with Gasteiger partial charge in [-0.2, -0.15) is 0 Å². The number of anilines is 1. The van der Waals surface area contributed by atoms with Crippen molar-refractivity contribution in [2.45, 2.75) is 24.8 Å². The minimum Gasteiger partial charge on any atom is -0.387 e. The molecule has 0 saturated carbocycles. The summed E-state index contributed by atoms with van der Waals surface area (Å²) in [5.41, 5.74) is 2.63. The lowest BCUT2D eigenvalue weighted by molar-refractivity contribution is 0.0635. The minimum atomic E-state index is -3.70. The molecule has 0 radical (unpaired) electrons. The first kappa shape index (κ1) is 22.5. The van der Waals surface area contributed by atoms with Gasteiger partial charge in [0, 0.05) is 17.8 Å². The molecule has 0 aliphatic carbocycles. The molecule has 6 nitrogen and oxygen atoms in total. The highest BCUT2D eigenvalue weighted by Crippen LogP contribution is 2.19. The number of nitrogens with one attached hydrogen (secondary N) is 1. The third kappa shape index (κ3) is 5.71. The summed E-state index contributed by atoms with van der Waals surface area (Å²) in [5, 5.41) is 10.5. The zero-order valence-electron chi connectivity index (χ0n) is 17.5. The molecule has 0 aromatic heterocycles. The maximum absolute atomic E-state index is 12.9. The molecule has 0 heterocycles. The van der Waals surface area contributed by atoms with Crippen molar-refractivity contribution >= 4 is 21.6 Å². The number of hydrogen-bond donors (Lipinski definition) is 2. The van der Waals surface area contributed by atoms with Crippen LogP contribution in [0.5, 0.6) is 0 Å². The van der Waals surface area contributed by atoms with Crippen LogP contribution in [0.4, 0.5) is 5.69 Å². The van der Waals surface area contributed by atoms with E-state index >= 15 is 0 Å². The summed E-state index contributed by atoms with van der Waals surface area (Å²) in [7, 11) is -3.70. The van der Waals surface area contributed by atoms with Crippen molar-refractivity contribution in [1.82, 2.24) is 4.90 Å². The van der Waals surface area contributed by atoms with Crippen LogP contribution in [-0.4, -0.2) is 37.4 Å². The van der Waals surface area contributed by atoms with Crippen LogP contribution in [0.2, 0.25) is 0 Å². The monoisotopic (exact) mass is 438 g/mol. The predicted octanol–water partition coefficient (Wildman–Crippen LogP) is 3.99. The molecule has 0 spiro atoms. The number of hydrogen-bond acceptors (Lipinski definition) is 4. The van der Waals surface area contributed by atoms with Crippen LogP contribution in [0.3, 0.4) is 0 Å².